The fraction of sp³-hybridized carbons (Fsp3) is 0.917. The van der Waals surface area contributed by atoms with E-state index in [-0.39, 0.29) is 0 Å². The zero-order chi connectivity index (χ0) is 17.8. The van der Waals surface area contributed by atoms with Crippen LogP contribution in [0.25, 0.3) is 0 Å². The quantitative estimate of drug-likeness (QED) is 0.493. The molecule has 3 rings (SSSR count). The molecule has 25 heavy (non-hydrogen) atoms. The lowest BCUT2D eigenvalue weighted by Gasteiger charge is -2.46. The molecule has 0 aromatic heterocycles. The number of rotatable bonds is 5. The average Bonchev–Trinajstić information content (AvgIpc) is 2.64. The van der Waals surface area contributed by atoms with Gasteiger partial charge in [-0.25, -0.2) is 0 Å². The van der Waals surface area contributed by atoms with Crippen molar-refractivity contribution in [1.82, 2.24) is 0 Å². The molecule has 0 spiro atoms. The molecular weight excluding hydrogens is 304 g/mol. The van der Waals surface area contributed by atoms with Crippen LogP contribution in [0, 0.1) is 41.4 Å². The summed E-state index contributed by atoms with van der Waals surface area (Å²) in [6.45, 7) is 11.9. The van der Waals surface area contributed by atoms with Crippen molar-refractivity contribution in [2.45, 2.75) is 91.1 Å². The van der Waals surface area contributed by atoms with Crippen molar-refractivity contribution in [3.8, 4) is 0 Å². The maximum Gasteiger partial charge on any atom is 0.0648 e. The van der Waals surface area contributed by atoms with Crippen molar-refractivity contribution in [2.24, 2.45) is 41.4 Å². The van der Waals surface area contributed by atoms with E-state index in [0.717, 1.165) is 42.1 Å². The van der Waals surface area contributed by atoms with E-state index in [2.05, 4.69) is 27.4 Å². The van der Waals surface area contributed by atoms with Crippen LogP contribution in [0.5, 0.6) is 0 Å². The summed E-state index contributed by atoms with van der Waals surface area (Å²) in [5, 5.41) is 0. The first-order valence-electron chi connectivity index (χ1n) is 11.3. The molecule has 0 aromatic carbocycles. The van der Waals surface area contributed by atoms with Gasteiger partial charge >= 0.3 is 0 Å². The topological polar surface area (TPSA) is 9.23 Å². The van der Waals surface area contributed by atoms with Gasteiger partial charge in [-0.1, -0.05) is 39.7 Å². The first kappa shape index (κ1) is 19.5. The molecule has 0 N–H and O–H groups in total. The van der Waals surface area contributed by atoms with Crippen molar-refractivity contribution in [1.29, 1.82) is 0 Å². The van der Waals surface area contributed by atoms with E-state index >= 15 is 0 Å². The molecule has 0 heterocycles. The summed E-state index contributed by atoms with van der Waals surface area (Å²) in [5.41, 5.74) is 0. The summed E-state index contributed by atoms with van der Waals surface area (Å²) < 4.78 is 6.04. The van der Waals surface area contributed by atoms with Gasteiger partial charge in [0, 0.05) is 0 Å². The van der Waals surface area contributed by atoms with Gasteiger partial charge in [0.2, 0.25) is 0 Å². The second kappa shape index (κ2) is 9.07. The highest BCUT2D eigenvalue weighted by atomic mass is 16.5. The van der Waals surface area contributed by atoms with Gasteiger partial charge in [0.15, 0.2) is 0 Å². The van der Waals surface area contributed by atoms with Gasteiger partial charge in [0.05, 0.1) is 12.7 Å². The van der Waals surface area contributed by atoms with Crippen molar-refractivity contribution in [3.05, 3.63) is 12.7 Å². The number of ether oxygens (including phenoxy) is 1. The lowest BCUT2D eigenvalue weighted by atomic mass is 9.61. The van der Waals surface area contributed by atoms with Gasteiger partial charge in [-0.2, -0.15) is 0 Å². The Labute approximate surface area is 157 Å². The van der Waals surface area contributed by atoms with Crippen LogP contribution < -0.4 is 0 Å². The molecule has 0 bridgehead atoms. The molecule has 4 atom stereocenters. The highest BCUT2D eigenvalue weighted by Gasteiger charge is 2.40. The monoisotopic (exact) mass is 346 g/mol. The van der Waals surface area contributed by atoms with Crippen LogP contribution in [0.1, 0.15) is 85.0 Å². The fourth-order valence-electron chi connectivity index (χ4n) is 6.50. The Bertz CT molecular complexity index is 400. The predicted octanol–water partition coefficient (Wildman–Crippen LogP) is 6.87. The van der Waals surface area contributed by atoms with Gasteiger partial charge in [-0.3, -0.25) is 0 Å². The Morgan fingerprint density at radius 3 is 1.88 bits per heavy atom. The molecule has 3 aliphatic carbocycles. The zero-order valence-corrected chi connectivity index (χ0v) is 17.1. The molecule has 0 amide bonds. The van der Waals surface area contributed by atoms with Gasteiger partial charge in [0.1, 0.15) is 0 Å². The molecule has 1 nitrogen and oxygen atoms in total. The number of hydrogen-bond acceptors (Lipinski definition) is 1. The van der Waals surface area contributed by atoms with E-state index < -0.39 is 0 Å². The SMILES string of the molecule is C=CCOC1CCC(C2CCC(C3CCC(C)CC3)CC2)C(C)C1C. The van der Waals surface area contributed by atoms with Gasteiger partial charge < -0.3 is 4.74 Å². The molecule has 3 aliphatic rings. The van der Waals surface area contributed by atoms with Crippen LogP contribution in [-0.2, 0) is 4.74 Å². The highest BCUT2D eigenvalue weighted by molar-refractivity contribution is 4.90. The normalized spacial score (nSPS) is 45.9. The van der Waals surface area contributed by atoms with E-state index in [0.29, 0.717) is 12.0 Å². The standard InChI is InChI=1S/C24H42O/c1-5-16-25-24-15-14-23(18(3)19(24)4)22-12-10-21(11-13-22)20-8-6-17(2)7-9-20/h5,17-24H,1,6-16H2,2-4H3. The van der Waals surface area contributed by atoms with Crippen LogP contribution in [0.4, 0.5) is 0 Å². The van der Waals surface area contributed by atoms with Crippen molar-refractivity contribution >= 4 is 0 Å². The smallest absolute Gasteiger partial charge is 0.0648 e. The Balaban J connectivity index is 1.47. The van der Waals surface area contributed by atoms with Crippen LogP contribution >= 0.6 is 0 Å². The van der Waals surface area contributed by atoms with Crippen LogP contribution in [0.2, 0.25) is 0 Å². The minimum absolute atomic E-state index is 0.463. The summed E-state index contributed by atoms with van der Waals surface area (Å²) >= 11 is 0. The first-order chi connectivity index (χ1) is 12.1. The molecular formula is C24H42O. The van der Waals surface area contributed by atoms with Crippen LogP contribution in [0.15, 0.2) is 12.7 Å². The lowest BCUT2D eigenvalue weighted by Crippen LogP contribution is -2.40. The molecule has 0 saturated heterocycles. The van der Waals surface area contributed by atoms with E-state index in [1.165, 1.54) is 64.2 Å². The zero-order valence-electron chi connectivity index (χ0n) is 17.1. The third-order valence-corrected chi connectivity index (χ3v) is 8.45. The van der Waals surface area contributed by atoms with Crippen molar-refractivity contribution in [3.63, 3.8) is 0 Å². The van der Waals surface area contributed by atoms with Gasteiger partial charge in [0.25, 0.3) is 0 Å². The van der Waals surface area contributed by atoms with E-state index in [9.17, 15) is 0 Å². The summed E-state index contributed by atoms with van der Waals surface area (Å²) in [4.78, 5) is 0. The van der Waals surface area contributed by atoms with Crippen molar-refractivity contribution in [2.75, 3.05) is 6.61 Å². The number of hydrogen-bond donors (Lipinski definition) is 0. The molecule has 1 heteroatoms. The van der Waals surface area contributed by atoms with E-state index in [4.69, 9.17) is 4.74 Å². The minimum atomic E-state index is 0.463. The molecule has 0 aromatic rings. The molecule has 4 unspecified atom stereocenters. The van der Waals surface area contributed by atoms with Gasteiger partial charge in [-0.05, 0) is 92.8 Å². The molecule has 0 radical (unpaired) electrons. The summed E-state index contributed by atoms with van der Waals surface area (Å²) in [5.74, 6) is 6.59. The van der Waals surface area contributed by atoms with E-state index in [1.54, 1.807) is 0 Å². The third-order valence-electron chi connectivity index (χ3n) is 8.45. The Morgan fingerprint density at radius 2 is 1.28 bits per heavy atom. The minimum Gasteiger partial charge on any atom is -0.374 e. The van der Waals surface area contributed by atoms with Crippen LogP contribution in [0.3, 0.4) is 0 Å². The Morgan fingerprint density at radius 1 is 0.720 bits per heavy atom. The average molecular weight is 347 g/mol. The second-order valence-corrected chi connectivity index (χ2v) is 9.81. The Kier molecular flexibility index (Phi) is 7.06. The molecule has 0 aliphatic heterocycles. The predicted molar refractivity (Wildman–Crippen MR) is 108 cm³/mol. The Hall–Kier alpha value is -0.300. The molecule has 3 fully saturated rings. The summed E-state index contributed by atoms with van der Waals surface area (Å²) in [7, 11) is 0. The van der Waals surface area contributed by atoms with E-state index in [1.807, 2.05) is 6.08 Å². The second-order valence-electron chi connectivity index (χ2n) is 9.81. The summed E-state index contributed by atoms with van der Waals surface area (Å²) in [6, 6.07) is 0. The van der Waals surface area contributed by atoms with Crippen molar-refractivity contribution < 1.29 is 4.74 Å². The maximum atomic E-state index is 6.04. The largest absolute Gasteiger partial charge is 0.374 e. The lowest BCUT2D eigenvalue weighted by molar-refractivity contribution is -0.0472. The molecule has 144 valence electrons. The third kappa shape index (κ3) is 4.71. The maximum absolute atomic E-state index is 6.04. The highest BCUT2D eigenvalue weighted by Crippen LogP contribution is 2.48. The first-order valence-corrected chi connectivity index (χ1v) is 11.3. The van der Waals surface area contributed by atoms with Crippen LogP contribution in [-0.4, -0.2) is 12.7 Å². The molecule has 3 saturated carbocycles. The van der Waals surface area contributed by atoms with Gasteiger partial charge in [-0.15, -0.1) is 6.58 Å². The summed E-state index contributed by atoms with van der Waals surface area (Å²) in [6.07, 6.45) is 17.1. The fourth-order valence-corrected chi connectivity index (χ4v) is 6.50.